The van der Waals surface area contributed by atoms with E-state index in [9.17, 15) is 23.2 Å². The van der Waals surface area contributed by atoms with Crippen LogP contribution in [0.1, 0.15) is 10.4 Å². The molecule has 124 valence electrons. The minimum atomic E-state index is -1.13. The fourth-order valence-electron chi connectivity index (χ4n) is 1.77. The van der Waals surface area contributed by atoms with Gasteiger partial charge in [0.25, 0.3) is 0 Å². The van der Waals surface area contributed by atoms with Gasteiger partial charge in [-0.25, -0.2) is 13.6 Å². The van der Waals surface area contributed by atoms with E-state index in [4.69, 9.17) is 0 Å². The Bertz CT molecular complexity index is 791. The average Bonchev–Trinajstić information content (AvgIpc) is 2.57. The van der Waals surface area contributed by atoms with E-state index in [1.807, 2.05) is 5.32 Å². The molecule has 2 N–H and O–H groups in total. The van der Waals surface area contributed by atoms with Crippen LogP contribution in [0.15, 0.2) is 42.5 Å². The zero-order valence-electron chi connectivity index (χ0n) is 12.4. The Morgan fingerprint density at radius 1 is 0.917 bits per heavy atom. The van der Waals surface area contributed by atoms with E-state index < -0.39 is 29.4 Å². The Balaban J connectivity index is 2.01. The quantitative estimate of drug-likeness (QED) is 0.666. The lowest BCUT2D eigenvalue weighted by Crippen LogP contribution is -2.29. The number of ether oxygens (including phenoxy) is 1. The van der Waals surface area contributed by atoms with Crippen molar-refractivity contribution in [3.8, 4) is 0 Å². The molecule has 2 aromatic rings. The number of rotatable bonds is 3. The maximum Gasteiger partial charge on any atom is 0.337 e. The monoisotopic (exact) mass is 334 g/mol. The lowest BCUT2D eigenvalue weighted by Gasteiger charge is -2.08. The molecular weight excluding hydrogens is 322 g/mol. The first-order chi connectivity index (χ1) is 11.4. The highest BCUT2D eigenvalue weighted by molar-refractivity contribution is 6.43. The summed E-state index contributed by atoms with van der Waals surface area (Å²) in [5.41, 5.74) is 0.202. The Morgan fingerprint density at radius 2 is 1.54 bits per heavy atom. The molecule has 0 fully saturated rings. The second kappa shape index (κ2) is 7.32. The van der Waals surface area contributed by atoms with Crippen LogP contribution in [0.5, 0.6) is 0 Å². The fourth-order valence-corrected chi connectivity index (χ4v) is 1.77. The predicted octanol–water partition coefficient (Wildman–Crippen LogP) is 2.33. The van der Waals surface area contributed by atoms with Gasteiger partial charge in [-0.1, -0.05) is 0 Å². The number of hydrogen-bond donors (Lipinski definition) is 2. The largest absolute Gasteiger partial charge is 0.465 e. The van der Waals surface area contributed by atoms with Crippen molar-refractivity contribution in [2.24, 2.45) is 0 Å². The van der Waals surface area contributed by atoms with Crippen molar-refractivity contribution in [2.45, 2.75) is 0 Å². The summed E-state index contributed by atoms with van der Waals surface area (Å²) < 4.78 is 30.7. The van der Waals surface area contributed by atoms with Gasteiger partial charge in [-0.15, -0.1) is 0 Å². The zero-order chi connectivity index (χ0) is 17.7. The van der Waals surface area contributed by atoms with Crippen LogP contribution in [-0.4, -0.2) is 24.9 Å². The molecule has 2 aromatic carbocycles. The molecule has 0 aliphatic heterocycles. The average molecular weight is 334 g/mol. The first kappa shape index (κ1) is 17.1. The van der Waals surface area contributed by atoms with Crippen molar-refractivity contribution in [3.05, 3.63) is 59.7 Å². The topological polar surface area (TPSA) is 84.5 Å². The predicted molar refractivity (Wildman–Crippen MR) is 81.4 cm³/mol. The third kappa shape index (κ3) is 4.13. The van der Waals surface area contributed by atoms with Crippen LogP contribution < -0.4 is 10.6 Å². The lowest BCUT2D eigenvalue weighted by molar-refractivity contribution is -0.133. The number of carbonyl (C=O) groups is 3. The number of halogens is 2. The van der Waals surface area contributed by atoms with Crippen LogP contribution in [0.3, 0.4) is 0 Å². The first-order valence-corrected chi connectivity index (χ1v) is 6.66. The van der Waals surface area contributed by atoms with Crippen LogP contribution in [0.4, 0.5) is 20.2 Å². The first-order valence-electron chi connectivity index (χ1n) is 6.66. The maximum atomic E-state index is 13.4. The molecule has 0 unspecified atom stereocenters. The van der Waals surface area contributed by atoms with Gasteiger partial charge in [-0.05, 0) is 36.4 Å². The number of carbonyl (C=O) groups excluding carboxylic acids is 3. The van der Waals surface area contributed by atoms with Gasteiger partial charge in [0.05, 0.1) is 18.4 Å². The van der Waals surface area contributed by atoms with Crippen molar-refractivity contribution in [2.75, 3.05) is 17.7 Å². The highest BCUT2D eigenvalue weighted by atomic mass is 19.1. The Labute approximate surface area is 135 Å². The number of benzene rings is 2. The standard InChI is InChI=1S/C16H12F2N2O4/c1-24-16(23)9-2-5-11(6-3-9)19-14(21)15(22)20-13-7-4-10(17)8-12(13)18/h2-8H,1H3,(H,19,21)(H,20,22). The van der Waals surface area contributed by atoms with E-state index in [-0.39, 0.29) is 16.9 Å². The van der Waals surface area contributed by atoms with Crippen LogP contribution in [0.2, 0.25) is 0 Å². The van der Waals surface area contributed by atoms with E-state index in [1.54, 1.807) is 0 Å². The maximum absolute atomic E-state index is 13.4. The van der Waals surface area contributed by atoms with Crippen LogP contribution in [-0.2, 0) is 14.3 Å². The number of methoxy groups -OCH3 is 1. The molecule has 8 heteroatoms. The fraction of sp³-hybridized carbons (Fsp3) is 0.0625. The smallest absolute Gasteiger partial charge is 0.337 e. The molecule has 0 aliphatic carbocycles. The van der Waals surface area contributed by atoms with Gasteiger partial charge in [0, 0.05) is 11.8 Å². The van der Waals surface area contributed by atoms with Gasteiger partial charge in [-0.2, -0.15) is 0 Å². The second-order valence-electron chi connectivity index (χ2n) is 4.60. The van der Waals surface area contributed by atoms with Gasteiger partial charge < -0.3 is 15.4 Å². The molecule has 0 aromatic heterocycles. The number of hydrogen-bond acceptors (Lipinski definition) is 4. The van der Waals surface area contributed by atoms with Gasteiger partial charge >= 0.3 is 17.8 Å². The minimum absolute atomic E-state index is 0.252. The van der Waals surface area contributed by atoms with Crippen molar-refractivity contribution in [1.82, 2.24) is 0 Å². The summed E-state index contributed by atoms with van der Waals surface area (Å²) in [6.07, 6.45) is 0. The Morgan fingerprint density at radius 3 is 2.12 bits per heavy atom. The molecule has 0 saturated heterocycles. The van der Waals surface area contributed by atoms with Crippen LogP contribution in [0.25, 0.3) is 0 Å². The molecule has 6 nitrogen and oxygen atoms in total. The molecule has 0 spiro atoms. The highest BCUT2D eigenvalue weighted by Crippen LogP contribution is 2.15. The van der Waals surface area contributed by atoms with E-state index in [1.165, 1.54) is 31.4 Å². The van der Waals surface area contributed by atoms with Crippen LogP contribution in [0, 0.1) is 11.6 Å². The molecule has 0 radical (unpaired) electrons. The summed E-state index contributed by atoms with van der Waals surface area (Å²) >= 11 is 0. The molecule has 2 amide bonds. The number of esters is 1. The SMILES string of the molecule is COC(=O)c1ccc(NC(=O)C(=O)Nc2ccc(F)cc2F)cc1. The Hall–Kier alpha value is -3.29. The lowest BCUT2D eigenvalue weighted by atomic mass is 10.2. The third-order valence-corrected chi connectivity index (χ3v) is 2.95. The highest BCUT2D eigenvalue weighted by Gasteiger charge is 2.16. The number of amides is 2. The normalized spacial score (nSPS) is 9.96. The summed E-state index contributed by atoms with van der Waals surface area (Å²) in [7, 11) is 1.23. The van der Waals surface area contributed by atoms with Crippen molar-refractivity contribution in [1.29, 1.82) is 0 Å². The summed E-state index contributed by atoms with van der Waals surface area (Å²) in [6, 6.07) is 8.13. The molecular formula is C16H12F2N2O4. The summed E-state index contributed by atoms with van der Waals surface area (Å²) in [4.78, 5) is 34.8. The Kier molecular flexibility index (Phi) is 5.20. The molecule has 0 heterocycles. The minimum Gasteiger partial charge on any atom is -0.465 e. The van der Waals surface area contributed by atoms with Crippen molar-refractivity contribution in [3.63, 3.8) is 0 Å². The molecule has 0 atom stereocenters. The van der Waals surface area contributed by atoms with Crippen molar-refractivity contribution >= 4 is 29.2 Å². The molecule has 0 aliphatic rings. The van der Waals surface area contributed by atoms with E-state index in [2.05, 4.69) is 10.1 Å². The molecule has 2 rings (SSSR count). The van der Waals surface area contributed by atoms with Crippen molar-refractivity contribution < 1.29 is 27.9 Å². The van der Waals surface area contributed by atoms with Gasteiger partial charge in [0.1, 0.15) is 11.6 Å². The van der Waals surface area contributed by atoms with Gasteiger partial charge in [0.2, 0.25) is 0 Å². The summed E-state index contributed by atoms with van der Waals surface area (Å²) in [5.74, 6) is -4.53. The van der Waals surface area contributed by atoms with Crippen LogP contribution >= 0.6 is 0 Å². The molecule has 0 saturated carbocycles. The zero-order valence-corrected chi connectivity index (χ0v) is 12.4. The van der Waals surface area contributed by atoms with E-state index in [0.29, 0.717) is 6.07 Å². The third-order valence-electron chi connectivity index (χ3n) is 2.95. The second-order valence-corrected chi connectivity index (χ2v) is 4.60. The summed E-state index contributed by atoms with van der Waals surface area (Å²) in [6.45, 7) is 0. The molecule has 24 heavy (non-hydrogen) atoms. The number of nitrogens with one attached hydrogen (secondary N) is 2. The van der Waals surface area contributed by atoms with E-state index in [0.717, 1.165) is 12.1 Å². The number of anilines is 2. The summed E-state index contributed by atoms with van der Waals surface area (Å²) in [5, 5.41) is 4.31. The van der Waals surface area contributed by atoms with Gasteiger partial charge in [0.15, 0.2) is 0 Å². The molecule has 0 bridgehead atoms. The van der Waals surface area contributed by atoms with Gasteiger partial charge in [-0.3, -0.25) is 9.59 Å². The van der Waals surface area contributed by atoms with E-state index >= 15 is 0 Å².